The molecule has 0 radical (unpaired) electrons. The Labute approximate surface area is 142 Å². The summed E-state index contributed by atoms with van der Waals surface area (Å²) in [5.41, 5.74) is 3.53. The van der Waals surface area contributed by atoms with E-state index in [1.54, 1.807) is 0 Å². The van der Waals surface area contributed by atoms with Crippen LogP contribution in [0.4, 0.5) is 0 Å². The maximum absolute atomic E-state index is 4.52. The van der Waals surface area contributed by atoms with Crippen LogP contribution in [0.2, 0.25) is 0 Å². The van der Waals surface area contributed by atoms with Gasteiger partial charge in [0.25, 0.3) is 0 Å². The summed E-state index contributed by atoms with van der Waals surface area (Å²) in [7, 11) is 0. The van der Waals surface area contributed by atoms with Crippen LogP contribution in [-0.2, 0) is 19.6 Å². The Morgan fingerprint density at radius 3 is 2.83 bits per heavy atom. The van der Waals surface area contributed by atoms with Gasteiger partial charge in [-0.3, -0.25) is 4.68 Å². The van der Waals surface area contributed by atoms with Crippen LogP contribution in [0.5, 0.6) is 0 Å². The molecule has 124 valence electrons. The number of benzene rings is 1. The third-order valence-electron chi connectivity index (χ3n) is 4.06. The second-order valence-electron chi connectivity index (χ2n) is 5.85. The largest absolute Gasteiger partial charge is 0.336 e. The van der Waals surface area contributed by atoms with Crippen molar-refractivity contribution in [1.82, 2.24) is 24.6 Å². The highest BCUT2D eigenvalue weighted by Crippen LogP contribution is 2.16. The molecule has 2 heterocycles. The van der Waals surface area contributed by atoms with Crippen molar-refractivity contribution in [2.45, 2.75) is 32.6 Å². The maximum Gasteiger partial charge on any atom is 0.0946 e. The molecule has 1 N–H and O–H groups in total. The SMILES string of the molecule is C=CCn1cc(CN[C@H](Cn2ccnc2)c2ccccc2)c(C)n1. The Morgan fingerprint density at radius 1 is 1.29 bits per heavy atom. The first-order valence-electron chi connectivity index (χ1n) is 8.14. The number of rotatable bonds is 8. The lowest BCUT2D eigenvalue weighted by Gasteiger charge is -2.19. The number of aromatic nitrogens is 4. The lowest BCUT2D eigenvalue weighted by atomic mass is 10.1. The molecule has 3 rings (SSSR count). The summed E-state index contributed by atoms with van der Waals surface area (Å²) in [6.07, 6.45) is 9.60. The van der Waals surface area contributed by atoms with Gasteiger partial charge in [0.2, 0.25) is 0 Å². The number of hydrogen-bond donors (Lipinski definition) is 1. The van der Waals surface area contributed by atoms with Crippen LogP contribution in [0.3, 0.4) is 0 Å². The van der Waals surface area contributed by atoms with Gasteiger partial charge in [-0.2, -0.15) is 5.10 Å². The molecule has 1 aromatic carbocycles. The molecule has 0 saturated heterocycles. The van der Waals surface area contributed by atoms with Crippen LogP contribution in [0.1, 0.15) is 22.9 Å². The molecule has 5 heteroatoms. The summed E-state index contributed by atoms with van der Waals surface area (Å²) in [6, 6.07) is 10.7. The second kappa shape index (κ2) is 7.75. The van der Waals surface area contributed by atoms with Gasteiger partial charge in [-0.05, 0) is 12.5 Å². The molecule has 0 bridgehead atoms. The third-order valence-corrected chi connectivity index (χ3v) is 4.06. The summed E-state index contributed by atoms with van der Waals surface area (Å²) in [6.45, 7) is 8.16. The van der Waals surface area contributed by atoms with Gasteiger partial charge in [-0.15, -0.1) is 6.58 Å². The first kappa shape index (κ1) is 16.2. The van der Waals surface area contributed by atoms with Crippen LogP contribution in [-0.4, -0.2) is 19.3 Å². The number of aryl methyl sites for hydroxylation is 1. The van der Waals surface area contributed by atoms with E-state index in [2.05, 4.69) is 57.0 Å². The zero-order chi connectivity index (χ0) is 16.8. The second-order valence-corrected chi connectivity index (χ2v) is 5.85. The Balaban J connectivity index is 1.73. The Kier molecular flexibility index (Phi) is 5.23. The standard InChI is InChI=1S/C19H23N5/c1-3-10-24-13-18(16(2)22-24)12-21-19(14-23-11-9-20-15-23)17-7-5-4-6-8-17/h3-9,11,13,15,19,21H,1,10,12,14H2,2H3/t19-/m1/s1. The number of nitrogens with one attached hydrogen (secondary N) is 1. The van der Waals surface area contributed by atoms with E-state index in [4.69, 9.17) is 0 Å². The van der Waals surface area contributed by atoms with Crippen molar-refractivity contribution in [3.63, 3.8) is 0 Å². The number of allylic oxidation sites excluding steroid dienone is 1. The van der Waals surface area contributed by atoms with Crippen LogP contribution in [0.15, 0.2) is 67.9 Å². The summed E-state index contributed by atoms with van der Waals surface area (Å²) >= 11 is 0. The van der Waals surface area contributed by atoms with E-state index < -0.39 is 0 Å². The van der Waals surface area contributed by atoms with Crippen LogP contribution < -0.4 is 5.32 Å². The van der Waals surface area contributed by atoms with E-state index >= 15 is 0 Å². The van der Waals surface area contributed by atoms with Crippen molar-refractivity contribution >= 4 is 0 Å². The van der Waals surface area contributed by atoms with Gasteiger partial charge >= 0.3 is 0 Å². The zero-order valence-electron chi connectivity index (χ0n) is 14.0. The first-order chi connectivity index (χ1) is 11.8. The van der Waals surface area contributed by atoms with E-state index in [1.807, 2.05) is 42.5 Å². The summed E-state index contributed by atoms with van der Waals surface area (Å²) in [4.78, 5) is 4.14. The molecule has 0 saturated carbocycles. The molecule has 0 unspecified atom stereocenters. The molecule has 0 spiro atoms. The van der Waals surface area contributed by atoms with E-state index in [0.717, 1.165) is 25.3 Å². The van der Waals surface area contributed by atoms with E-state index in [0.29, 0.717) is 0 Å². The highest BCUT2D eigenvalue weighted by atomic mass is 15.3. The molecule has 5 nitrogen and oxygen atoms in total. The van der Waals surface area contributed by atoms with E-state index in [-0.39, 0.29) is 6.04 Å². The van der Waals surface area contributed by atoms with E-state index in [9.17, 15) is 0 Å². The molecule has 0 amide bonds. The lowest BCUT2D eigenvalue weighted by molar-refractivity contribution is 0.461. The quantitative estimate of drug-likeness (QED) is 0.649. The van der Waals surface area contributed by atoms with Crippen molar-refractivity contribution in [2.75, 3.05) is 0 Å². The number of nitrogens with zero attached hydrogens (tertiary/aromatic N) is 4. The smallest absolute Gasteiger partial charge is 0.0946 e. The topological polar surface area (TPSA) is 47.7 Å². The molecule has 2 aromatic heterocycles. The Hall–Kier alpha value is -2.66. The minimum Gasteiger partial charge on any atom is -0.336 e. The van der Waals surface area contributed by atoms with Gasteiger partial charge in [-0.25, -0.2) is 4.98 Å². The van der Waals surface area contributed by atoms with Gasteiger partial charge < -0.3 is 9.88 Å². The van der Waals surface area contributed by atoms with Gasteiger partial charge in [-0.1, -0.05) is 36.4 Å². The van der Waals surface area contributed by atoms with Crippen molar-refractivity contribution in [3.05, 3.63) is 84.7 Å². The molecular formula is C19H23N5. The average molecular weight is 321 g/mol. The molecular weight excluding hydrogens is 298 g/mol. The van der Waals surface area contributed by atoms with Crippen LogP contribution in [0, 0.1) is 6.92 Å². The van der Waals surface area contributed by atoms with Crippen LogP contribution >= 0.6 is 0 Å². The average Bonchev–Trinajstić information content (AvgIpc) is 3.22. The summed E-state index contributed by atoms with van der Waals surface area (Å²) in [5.74, 6) is 0. The maximum atomic E-state index is 4.52. The Bertz CT molecular complexity index is 758. The van der Waals surface area contributed by atoms with Crippen molar-refractivity contribution in [3.8, 4) is 0 Å². The van der Waals surface area contributed by atoms with Crippen molar-refractivity contribution < 1.29 is 0 Å². The fraction of sp³-hybridized carbons (Fsp3) is 0.263. The van der Waals surface area contributed by atoms with Gasteiger partial charge in [0.1, 0.15) is 0 Å². The Morgan fingerprint density at radius 2 is 2.12 bits per heavy atom. The van der Waals surface area contributed by atoms with Crippen LogP contribution in [0.25, 0.3) is 0 Å². The predicted octanol–water partition coefficient (Wildman–Crippen LogP) is 3.11. The normalized spacial score (nSPS) is 12.2. The van der Waals surface area contributed by atoms with Gasteiger partial charge in [0, 0.05) is 37.2 Å². The van der Waals surface area contributed by atoms with Gasteiger partial charge in [0.05, 0.1) is 24.6 Å². The molecule has 3 aromatic rings. The summed E-state index contributed by atoms with van der Waals surface area (Å²) < 4.78 is 4.02. The fourth-order valence-electron chi connectivity index (χ4n) is 2.77. The third kappa shape index (κ3) is 4.00. The zero-order valence-corrected chi connectivity index (χ0v) is 14.0. The summed E-state index contributed by atoms with van der Waals surface area (Å²) in [5, 5.41) is 8.18. The van der Waals surface area contributed by atoms with Crippen molar-refractivity contribution in [2.24, 2.45) is 0 Å². The molecule has 0 aliphatic carbocycles. The highest BCUT2D eigenvalue weighted by molar-refractivity contribution is 5.20. The molecule has 0 aliphatic heterocycles. The monoisotopic (exact) mass is 321 g/mol. The molecule has 1 atom stereocenters. The molecule has 24 heavy (non-hydrogen) atoms. The highest BCUT2D eigenvalue weighted by Gasteiger charge is 2.13. The predicted molar refractivity (Wildman–Crippen MR) is 95.4 cm³/mol. The van der Waals surface area contributed by atoms with Gasteiger partial charge in [0.15, 0.2) is 0 Å². The fourth-order valence-corrected chi connectivity index (χ4v) is 2.77. The van der Waals surface area contributed by atoms with Crippen molar-refractivity contribution in [1.29, 1.82) is 0 Å². The first-order valence-corrected chi connectivity index (χ1v) is 8.14. The molecule has 0 fully saturated rings. The number of hydrogen-bond acceptors (Lipinski definition) is 3. The minimum absolute atomic E-state index is 0.211. The minimum atomic E-state index is 0.211. The number of imidazole rings is 1. The molecule has 0 aliphatic rings. The lowest BCUT2D eigenvalue weighted by Crippen LogP contribution is -2.25. The van der Waals surface area contributed by atoms with E-state index in [1.165, 1.54) is 11.1 Å².